The maximum atomic E-state index is 11.4. The Bertz CT molecular complexity index is 290. The summed E-state index contributed by atoms with van der Waals surface area (Å²) in [5, 5.41) is 3.35. The van der Waals surface area contributed by atoms with E-state index in [2.05, 4.69) is 26.1 Å². The smallest absolute Gasteiger partial charge is 0.151 e. The van der Waals surface area contributed by atoms with E-state index < -0.39 is 9.84 Å². The van der Waals surface area contributed by atoms with Gasteiger partial charge in [0.25, 0.3) is 0 Å². The molecule has 0 bridgehead atoms. The maximum Gasteiger partial charge on any atom is 0.151 e. The minimum Gasteiger partial charge on any atom is -0.313 e. The monoisotopic (exact) mass is 233 g/mol. The first-order chi connectivity index (χ1) is 6.79. The number of sulfone groups is 1. The second-order valence-electron chi connectivity index (χ2n) is 5.72. The summed E-state index contributed by atoms with van der Waals surface area (Å²) in [4.78, 5) is 0. The van der Waals surface area contributed by atoms with Gasteiger partial charge in [-0.25, -0.2) is 8.42 Å². The van der Waals surface area contributed by atoms with Crippen LogP contribution in [-0.4, -0.2) is 32.5 Å². The molecule has 1 saturated heterocycles. The van der Waals surface area contributed by atoms with Crippen molar-refractivity contribution in [2.24, 2.45) is 5.41 Å². The van der Waals surface area contributed by atoms with Crippen LogP contribution in [0, 0.1) is 5.41 Å². The van der Waals surface area contributed by atoms with Gasteiger partial charge in [-0.1, -0.05) is 20.8 Å². The summed E-state index contributed by atoms with van der Waals surface area (Å²) in [6.07, 6.45) is 2.91. The van der Waals surface area contributed by atoms with Crippen molar-refractivity contribution in [2.45, 2.75) is 46.1 Å². The molecule has 0 aromatic rings. The molecule has 0 spiro atoms. The van der Waals surface area contributed by atoms with E-state index in [-0.39, 0.29) is 6.04 Å². The Morgan fingerprint density at radius 3 is 2.53 bits per heavy atom. The van der Waals surface area contributed by atoms with Crippen LogP contribution in [0.25, 0.3) is 0 Å². The first-order valence-corrected chi connectivity index (χ1v) is 7.54. The quantitative estimate of drug-likeness (QED) is 0.805. The van der Waals surface area contributed by atoms with Crippen LogP contribution in [0.5, 0.6) is 0 Å². The molecule has 1 atom stereocenters. The van der Waals surface area contributed by atoms with Gasteiger partial charge < -0.3 is 5.32 Å². The second-order valence-corrected chi connectivity index (χ2v) is 7.95. The second kappa shape index (κ2) is 4.83. The van der Waals surface area contributed by atoms with Gasteiger partial charge in [0.05, 0.1) is 11.5 Å². The highest BCUT2D eigenvalue weighted by atomic mass is 32.2. The lowest BCUT2D eigenvalue weighted by atomic mass is 9.92. The molecule has 1 aliphatic rings. The third-order valence-corrected chi connectivity index (χ3v) is 4.59. The Balaban J connectivity index is 2.28. The molecule has 0 saturated carbocycles. The number of hydrogen-bond acceptors (Lipinski definition) is 3. The van der Waals surface area contributed by atoms with Crippen molar-refractivity contribution in [1.82, 2.24) is 5.32 Å². The first kappa shape index (κ1) is 13.0. The van der Waals surface area contributed by atoms with Crippen molar-refractivity contribution >= 4 is 9.84 Å². The molecule has 1 fully saturated rings. The summed E-state index contributed by atoms with van der Waals surface area (Å²) in [6.45, 7) is 7.52. The average Bonchev–Trinajstić information content (AvgIpc) is 1.99. The van der Waals surface area contributed by atoms with Gasteiger partial charge in [-0.15, -0.1) is 0 Å². The molecule has 1 aliphatic heterocycles. The lowest BCUT2D eigenvalue weighted by Crippen LogP contribution is -2.41. The zero-order valence-electron chi connectivity index (χ0n) is 10.0. The summed E-state index contributed by atoms with van der Waals surface area (Å²) in [6, 6.07) is 0.186. The van der Waals surface area contributed by atoms with Crippen LogP contribution in [0.1, 0.15) is 40.0 Å². The van der Waals surface area contributed by atoms with Crippen molar-refractivity contribution < 1.29 is 8.42 Å². The lowest BCUT2D eigenvalue weighted by molar-refractivity contribution is 0.352. The predicted molar refractivity (Wildman–Crippen MR) is 63.8 cm³/mol. The molecule has 3 nitrogen and oxygen atoms in total. The molecular formula is C11H23NO2S. The first-order valence-electron chi connectivity index (χ1n) is 5.72. The van der Waals surface area contributed by atoms with E-state index in [1.165, 1.54) is 0 Å². The van der Waals surface area contributed by atoms with Crippen LogP contribution in [0.3, 0.4) is 0 Å². The number of nitrogens with one attached hydrogen (secondary N) is 1. The van der Waals surface area contributed by atoms with E-state index in [0.717, 1.165) is 25.8 Å². The summed E-state index contributed by atoms with van der Waals surface area (Å²) in [5.41, 5.74) is 0.320. The van der Waals surface area contributed by atoms with E-state index in [1.807, 2.05) is 0 Å². The van der Waals surface area contributed by atoms with Gasteiger partial charge in [-0.05, 0) is 31.2 Å². The zero-order valence-corrected chi connectivity index (χ0v) is 10.9. The molecular weight excluding hydrogens is 210 g/mol. The molecule has 0 amide bonds. The Morgan fingerprint density at radius 2 is 2.00 bits per heavy atom. The van der Waals surface area contributed by atoms with Crippen molar-refractivity contribution in [2.75, 3.05) is 18.1 Å². The molecule has 0 radical (unpaired) electrons. The Hall–Kier alpha value is -0.0900. The average molecular weight is 233 g/mol. The van der Waals surface area contributed by atoms with Gasteiger partial charge in [0.2, 0.25) is 0 Å². The van der Waals surface area contributed by atoms with Crippen LogP contribution in [0.4, 0.5) is 0 Å². The molecule has 0 aliphatic carbocycles. The fourth-order valence-electron chi connectivity index (χ4n) is 1.84. The van der Waals surface area contributed by atoms with Crippen LogP contribution in [-0.2, 0) is 9.84 Å². The van der Waals surface area contributed by atoms with Crippen molar-refractivity contribution in [3.63, 3.8) is 0 Å². The van der Waals surface area contributed by atoms with E-state index >= 15 is 0 Å². The molecule has 15 heavy (non-hydrogen) atoms. The largest absolute Gasteiger partial charge is 0.313 e. The Morgan fingerprint density at radius 1 is 1.33 bits per heavy atom. The van der Waals surface area contributed by atoms with Crippen LogP contribution < -0.4 is 5.32 Å². The minimum atomic E-state index is -2.76. The molecule has 1 rings (SSSR count). The highest BCUT2D eigenvalue weighted by molar-refractivity contribution is 7.91. The SMILES string of the molecule is CC(C)(C)CCNC1CCCS(=O)(=O)C1. The number of hydrogen-bond donors (Lipinski definition) is 1. The van der Waals surface area contributed by atoms with E-state index in [1.54, 1.807) is 0 Å². The standard InChI is InChI=1S/C11H23NO2S/c1-11(2,3)6-7-12-10-5-4-8-15(13,14)9-10/h10,12H,4-9H2,1-3H3. The van der Waals surface area contributed by atoms with E-state index in [9.17, 15) is 8.42 Å². The van der Waals surface area contributed by atoms with Crippen LogP contribution >= 0.6 is 0 Å². The molecule has 0 aromatic heterocycles. The van der Waals surface area contributed by atoms with Crippen molar-refractivity contribution in [3.8, 4) is 0 Å². The third kappa shape index (κ3) is 5.52. The zero-order chi connectivity index (χ0) is 11.5. The highest BCUT2D eigenvalue weighted by Gasteiger charge is 2.24. The molecule has 1 unspecified atom stereocenters. The summed E-state index contributed by atoms with van der Waals surface area (Å²) in [7, 11) is -2.76. The van der Waals surface area contributed by atoms with Gasteiger partial charge in [0.15, 0.2) is 9.84 Å². The fraction of sp³-hybridized carbons (Fsp3) is 1.00. The minimum absolute atomic E-state index is 0.186. The van der Waals surface area contributed by atoms with Gasteiger partial charge in [-0.2, -0.15) is 0 Å². The summed E-state index contributed by atoms with van der Waals surface area (Å²) < 4.78 is 22.8. The van der Waals surface area contributed by atoms with Crippen molar-refractivity contribution in [3.05, 3.63) is 0 Å². The van der Waals surface area contributed by atoms with Gasteiger partial charge >= 0.3 is 0 Å². The van der Waals surface area contributed by atoms with E-state index in [4.69, 9.17) is 0 Å². The Kier molecular flexibility index (Phi) is 4.18. The van der Waals surface area contributed by atoms with Crippen LogP contribution in [0.15, 0.2) is 0 Å². The van der Waals surface area contributed by atoms with E-state index in [0.29, 0.717) is 16.9 Å². The fourth-order valence-corrected chi connectivity index (χ4v) is 3.51. The predicted octanol–water partition coefficient (Wildman–Crippen LogP) is 1.59. The molecule has 4 heteroatoms. The third-order valence-electron chi connectivity index (χ3n) is 2.77. The molecule has 0 aromatic carbocycles. The molecule has 90 valence electrons. The molecule has 1 heterocycles. The van der Waals surface area contributed by atoms with Gasteiger partial charge in [0, 0.05) is 6.04 Å². The Labute approximate surface area is 93.6 Å². The topological polar surface area (TPSA) is 46.2 Å². The van der Waals surface area contributed by atoms with Crippen LogP contribution in [0.2, 0.25) is 0 Å². The van der Waals surface area contributed by atoms with Gasteiger partial charge in [-0.3, -0.25) is 0 Å². The lowest BCUT2D eigenvalue weighted by Gasteiger charge is -2.25. The van der Waals surface area contributed by atoms with Gasteiger partial charge in [0.1, 0.15) is 0 Å². The number of rotatable bonds is 3. The summed E-state index contributed by atoms with van der Waals surface area (Å²) in [5.74, 6) is 0.710. The normalized spacial score (nSPS) is 26.5. The maximum absolute atomic E-state index is 11.4. The summed E-state index contributed by atoms with van der Waals surface area (Å²) >= 11 is 0. The highest BCUT2D eigenvalue weighted by Crippen LogP contribution is 2.18. The molecule has 1 N–H and O–H groups in total. The van der Waals surface area contributed by atoms with Crippen molar-refractivity contribution in [1.29, 1.82) is 0 Å².